The first-order chi connectivity index (χ1) is 12.1. The Kier molecular flexibility index (Phi) is 4.54. The van der Waals surface area contributed by atoms with Crippen LogP contribution in [0, 0.1) is 5.41 Å². The molecule has 0 amide bonds. The fourth-order valence-corrected chi connectivity index (χ4v) is 4.43. The second-order valence-electron chi connectivity index (χ2n) is 8.33. The van der Waals surface area contributed by atoms with Crippen molar-refractivity contribution in [2.75, 3.05) is 0 Å². The van der Waals surface area contributed by atoms with E-state index in [1.807, 2.05) is 0 Å². The summed E-state index contributed by atoms with van der Waals surface area (Å²) in [7, 11) is 0. The molecular formula is C23H27ClO. The molecule has 0 spiro atoms. The van der Waals surface area contributed by atoms with Gasteiger partial charge in [0.25, 0.3) is 0 Å². The number of benzene rings is 2. The molecule has 0 saturated heterocycles. The van der Waals surface area contributed by atoms with E-state index in [4.69, 9.17) is 16.3 Å². The molecule has 0 aromatic heterocycles. The van der Waals surface area contributed by atoms with Gasteiger partial charge in [-0.15, -0.1) is 11.6 Å². The van der Waals surface area contributed by atoms with Gasteiger partial charge < -0.3 is 4.74 Å². The SMILES string of the molecule is CC1(C)CCC[C@@H]1c1cc(CCl)ccc1-c1cccc(OC2CC2)c1. The summed E-state index contributed by atoms with van der Waals surface area (Å²) in [6, 6.07) is 15.4. The molecular weight excluding hydrogens is 328 g/mol. The average molecular weight is 355 g/mol. The van der Waals surface area contributed by atoms with Gasteiger partial charge in [-0.3, -0.25) is 0 Å². The van der Waals surface area contributed by atoms with Crippen LogP contribution in [-0.4, -0.2) is 6.10 Å². The zero-order valence-electron chi connectivity index (χ0n) is 15.2. The Bertz CT molecular complexity index is 760. The van der Waals surface area contributed by atoms with E-state index in [9.17, 15) is 0 Å². The minimum Gasteiger partial charge on any atom is -0.490 e. The van der Waals surface area contributed by atoms with Crippen LogP contribution in [0.25, 0.3) is 11.1 Å². The molecule has 0 N–H and O–H groups in total. The fourth-order valence-electron chi connectivity index (χ4n) is 4.27. The van der Waals surface area contributed by atoms with E-state index in [1.165, 1.54) is 54.4 Å². The highest BCUT2D eigenvalue weighted by atomic mass is 35.5. The molecule has 2 saturated carbocycles. The summed E-state index contributed by atoms with van der Waals surface area (Å²) in [6.07, 6.45) is 6.69. The number of rotatable bonds is 5. The van der Waals surface area contributed by atoms with E-state index in [1.54, 1.807) is 0 Å². The lowest BCUT2D eigenvalue weighted by Gasteiger charge is -2.29. The quantitative estimate of drug-likeness (QED) is 0.529. The fraction of sp³-hybridized carbons (Fsp3) is 0.478. The standard InChI is InChI=1S/C23H27ClO/c1-23(2)12-4-7-22(23)21-13-16(15-24)8-11-20(21)17-5-3-6-19(14-17)25-18-9-10-18/h3,5-6,8,11,13-14,18,22H,4,7,9-10,12,15H2,1-2H3/t22-/m1/s1. The van der Waals surface area contributed by atoms with Crippen molar-refractivity contribution < 1.29 is 4.74 Å². The molecule has 0 unspecified atom stereocenters. The van der Waals surface area contributed by atoms with Gasteiger partial charge in [-0.2, -0.15) is 0 Å². The van der Waals surface area contributed by atoms with E-state index in [0.29, 0.717) is 23.3 Å². The second kappa shape index (κ2) is 6.68. The van der Waals surface area contributed by atoms with Crippen LogP contribution in [0.4, 0.5) is 0 Å². The summed E-state index contributed by atoms with van der Waals surface area (Å²) >= 11 is 6.14. The highest BCUT2D eigenvalue weighted by Gasteiger charge is 2.36. The Morgan fingerprint density at radius 2 is 1.92 bits per heavy atom. The van der Waals surface area contributed by atoms with E-state index in [2.05, 4.69) is 56.3 Å². The van der Waals surface area contributed by atoms with Gasteiger partial charge in [0.1, 0.15) is 5.75 Å². The minimum atomic E-state index is 0.349. The monoisotopic (exact) mass is 354 g/mol. The van der Waals surface area contributed by atoms with Crippen LogP contribution >= 0.6 is 11.6 Å². The van der Waals surface area contributed by atoms with Crippen LogP contribution in [0.2, 0.25) is 0 Å². The molecule has 0 heterocycles. The first kappa shape index (κ1) is 17.0. The van der Waals surface area contributed by atoms with Crippen LogP contribution in [0.1, 0.15) is 63.0 Å². The van der Waals surface area contributed by atoms with Gasteiger partial charge in [-0.05, 0) is 71.4 Å². The number of alkyl halides is 1. The molecule has 2 aliphatic rings. The van der Waals surface area contributed by atoms with Gasteiger partial charge in [-0.1, -0.05) is 50.6 Å². The lowest BCUT2D eigenvalue weighted by molar-refractivity contribution is 0.303. The van der Waals surface area contributed by atoms with Crippen molar-refractivity contribution in [1.29, 1.82) is 0 Å². The summed E-state index contributed by atoms with van der Waals surface area (Å²) in [5.41, 5.74) is 5.63. The van der Waals surface area contributed by atoms with Crippen molar-refractivity contribution in [1.82, 2.24) is 0 Å². The van der Waals surface area contributed by atoms with Crippen LogP contribution in [0.3, 0.4) is 0 Å². The third-order valence-corrected chi connectivity index (χ3v) is 6.18. The summed E-state index contributed by atoms with van der Waals surface area (Å²) in [5, 5.41) is 0. The van der Waals surface area contributed by atoms with Crippen molar-refractivity contribution in [3.63, 3.8) is 0 Å². The first-order valence-electron chi connectivity index (χ1n) is 9.53. The van der Waals surface area contributed by atoms with Crippen LogP contribution in [-0.2, 0) is 5.88 Å². The molecule has 2 heteroatoms. The van der Waals surface area contributed by atoms with Crippen LogP contribution in [0.15, 0.2) is 42.5 Å². The van der Waals surface area contributed by atoms with Crippen LogP contribution in [0.5, 0.6) is 5.75 Å². The smallest absolute Gasteiger partial charge is 0.120 e. The molecule has 4 rings (SSSR count). The molecule has 0 bridgehead atoms. The number of halogens is 1. The van der Waals surface area contributed by atoms with Crippen molar-refractivity contribution in [2.24, 2.45) is 5.41 Å². The van der Waals surface area contributed by atoms with E-state index in [0.717, 1.165) is 5.75 Å². The molecule has 2 aromatic carbocycles. The maximum Gasteiger partial charge on any atom is 0.120 e. The Balaban J connectivity index is 1.76. The molecule has 1 nitrogen and oxygen atoms in total. The third kappa shape index (κ3) is 3.58. The largest absolute Gasteiger partial charge is 0.490 e. The van der Waals surface area contributed by atoms with Gasteiger partial charge >= 0.3 is 0 Å². The summed E-state index contributed by atoms with van der Waals surface area (Å²) in [4.78, 5) is 0. The maximum atomic E-state index is 6.14. The Labute approximate surface area is 156 Å². The van der Waals surface area contributed by atoms with Gasteiger partial charge in [0, 0.05) is 5.88 Å². The normalized spacial score (nSPS) is 22.1. The summed E-state index contributed by atoms with van der Waals surface area (Å²) < 4.78 is 6.02. The van der Waals surface area contributed by atoms with E-state index in [-0.39, 0.29) is 0 Å². The Morgan fingerprint density at radius 1 is 1.08 bits per heavy atom. The number of ether oxygens (including phenoxy) is 1. The molecule has 25 heavy (non-hydrogen) atoms. The second-order valence-corrected chi connectivity index (χ2v) is 8.60. The zero-order valence-corrected chi connectivity index (χ0v) is 16.0. The first-order valence-corrected chi connectivity index (χ1v) is 10.1. The Morgan fingerprint density at radius 3 is 2.60 bits per heavy atom. The summed E-state index contributed by atoms with van der Waals surface area (Å²) in [5.74, 6) is 2.17. The van der Waals surface area contributed by atoms with Crippen molar-refractivity contribution in [3.05, 3.63) is 53.6 Å². The lowest BCUT2D eigenvalue weighted by atomic mass is 9.75. The van der Waals surface area contributed by atoms with Gasteiger partial charge in [0.15, 0.2) is 0 Å². The molecule has 0 aliphatic heterocycles. The van der Waals surface area contributed by atoms with Crippen molar-refractivity contribution >= 4 is 11.6 Å². The topological polar surface area (TPSA) is 9.23 Å². The number of hydrogen-bond acceptors (Lipinski definition) is 1. The molecule has 132 valence electrons. The third-order valence-electron chi connectivity index (χ3n) is 5.88. The summed E-state index contributed by atoms with van der Waals surface area (Å²) in [6.45, 7) is 4.82. The predicted molar refractivity (Wildman–Crippen MR) is 105 cm³/mol. The molecule has 0 radical (unpaired) electrons. The van der Waals surface area contributed by atoms with Crippen LogP contribution < -0.4 is 4.74 Å². The van der Waals surface area contributed by atoms with Gasteiger partial charge in [0.2, 0.25) is 0 Å². The van der Waals surface area contributed by atoms with Gasteiger partial charge in [0.05, 0.1) is 6.10 Å². The molecule has 2 aromatic rings. The highest BCUT2D eigenvalue weighted by molar-refractivity contribution is 6.17. The van der Waals surface area contributed by atoms with E-state index >= 15 is 0 Å². The lowest BCUT2D eigenvalue weighted by Crippen LogP contribution is -2.16. The average Bonchev–Trinajstić information content (AvgIpc) is 3.35. The molecule has 2 aliphatic carbocycles. The highest BCUT2D eigenvalue weighted by Crippen LogP contribution is 2.51. The minimum absolute atomic E-state index is 0.349. The maximum absolute atomic E-state index is 6.14. The molecule has 1 atom stereocenters. The molecule has 2 fully saturated rings. The van der Waals surface area contributed by atoms with Gasteiger partial charge in [-0.25, -0.2) is 0 Å². The Hall–Kier alpha value is -1.47. The zero-order chi connectivity index (χ0) is 17.4. The number of hydrogen-bond donors (Lipinski definition) is 0. The predicted octanol–water partition coefficient (Wildman–Crippen LogP) is 6.93. The van der Waals surface area contributed by atoms with Crippen molar-refractivity contribution in [2.45, 2.75) is 63.9 Å². The van der Waals surface area contributed by atoms with E-state index < -0.39 is 0 Å². The van der Waals surface area contributed by atoms with Crippen molar-refractivity contribution in [3.8, 4) is 16.9 Å².